The van der Waals surface area contributed by atoms with Gasteiger partial charge in [0.15, 0.2) is 0 Å². The van der Waals surface area contributed by atoms with Crippen LogP contribution in [0, 0.1) is 5.92 Å². The molecule has 0 fully saturated rings. The molecular formula is C10H13Cl3N2. The zero-order valence-electron chi connectivity index (χ0n) is 8.43. The molecule has 1 heterocycles. The molecule has 0 saturated carbocycles. The summed E-state index contributed by atoms with van der Waals surface area (Å²) in [7, 11) is 0. The van der Waals surface area contributed by atoms with Gasteiger partial charge in [-0.05, 0) is 18.4 Å². The lowest BCUT2D eigenvalue weighted by Gasteiger charge is -2.12. The Balaban J connectivity index is 2.50. The summed E-state index contributed by atoms with van der Waals surface area (Å²) in [5.74, 6) is 1.84. The molecule has 1 aromatic heterocycles. The summed E-state index contributed by atoms with van der Waals surface area (Å²) < 4.78 is 0. The molecule has 0 amide bonds. The lowest BCUT2D eigenvalue weighted by Crippen LogP contribution is -2.12. The average molecular weight is 268 g/mol. The lowest BCUT2D eigenvalue weighted by atomic mass is 10.1. The topological polar surface area (TPSA) is 24.9 Å². The van der Waals surface area contributed by atoms with Crippen molar-refractivity contribution < 1.29 is 0 Å². The molecule has 0 aliphatic rings. The Morgan fingerprint density at radius 1 is 1.47 bits per heavy atom. The van der Waals surface area contributed by atoms with Crippen LogP contribution >= 0.6 is 34.8 Å². The second kappa shape index (κ2) is 6.41. The SMILES string of the molecule is CC(CCCl)CNc1ncc(Cl)cc1Cl. The fourth-order valence-electron chi connectivity index (χ4n) is 1.10. The zero-order valence-corrected chi connectivity index (χ0v) is 10.7. The van der Waals surface area contributed by atoms with Crippen molar-refractivity contribution in [2.24, 2.45) is 5.92 Å². The van der Waals surface area contributed by atoms with E-state index in [9.17, 15) is 0 Å². The highest BCUT2D eigenvalue weighted by molar-refractivity contribution is 6.35. The molecule has 15 heavy (non-hydrogen) atoms. The molecule has 0 aliphatic carbocycles. The fraction of sp³-hybridized carbons (Fsp3) is 0.500. The van der Waals surface area contributed by atoms with Gasteiger partial charge in [-0.3, -0.25) is 0 Å². The number of rotatable bonds is 5. The maximum absolute atomic E-state index is 5.95. The monoisotopic (exact) mass is 266 g/mol. The Kier molecular flexibility index (Phi) is 5.51. The van der Waals surface area contributed by atoms with Gasteiger partial charge >= 0.3 is 0 Å². The third-order valence-corrected chi connectivity index (χ3v) is 2.74. The average Bonchev–Trinajstić information content (AvgIpc) is 2.17. The number of hydrogen-bond acceptors (Lipinski definition) is 2. The van der Waals surface area contributed by atoms with Crippen LogP contribution < -0.4 is 5.32 Å². The predicted molar refractivity (Wildman–Crippen MR) is 67.2 cm³/mol. The number of nitrogens with zero attached hydrogens (tertiary/aromatic N) is 1. The minimum atomic E-state index is 0.496. The third kappa shape index (κ3) is 4.45. The second-order valence-electron chi connectivity index (χ2n) is 3.45. The molecule has 84 valence electrons. The number of halogens is 3. The molecule has 0 bridgehead atoms. The van der Waals surface area contributed by atoms with Crippen molar-refractivity contribution in [2.45, 2.75) is 13.3 Å². The molecule has 1 unspecified atom stereocenters. The lowest BCUT2D eigenvalue weighted by molar-refractivity contribution is 0.596. The van der Waals surface area contributed by atoms with Crippen LogP contribution in [0.2, 0.25) is 10.0 Å². The van der Waals surface area contributed by atoms with Crippen LogP contribution in [0.15, 0.2) is 12.3 Å². The number of aromatic nitrogens is 1. The molecule has 0 saturated heterocycles. The van der Waals surface area contributed by atoms with Gasteiger partial charge in [0.2, 0.25) is 0 Å². The Labute approximate surface area is 105 Å². The van der Waals surface area contributed by atoms with Gasteiger partial charge in [-0.25, -0.2) is 4.98 Å². The standard InChI is InChI=1S/C10H13Cl3N2/c1-7(2-3-11)5-14-10-9(13)4-8(12)6-15-10/h4,6-7H,2-3,5H2,1H3,(H,14,15). The normalized spacial score (nSPS) is 12.5. The summed E-state index contributed by atoms with van der Waals surface area (Å²) in [4.78, 5) is 4.10. The van der Waals surface area contributed by atoms with Gasteiger partial charge in [0.05, 0.1) is 10.0 Å². The van der Waals surface area contributed by atoms with Crippen molar-refractivity contribution in [1.29, 1.82) is 0 Å². The van der Waals surface area contributed by atoms with Gasteiger partial charge in [0.25, 0.3) is 0 Å². The van der Waals surface area contributed by atoms with Crippen LogP contribution in [0.3, 0.4) is 0 Å². The molecule has 0 aliphatic heterocycles. The number of alkyl halides is 1. The van der Waals surface area contributed by atoms with Crippen LogP contribution in [-0.4, -0.2) is 17.4 Å². The van der Waals surface area contributed by atoms with E-state index in [1.165, 1.54) is 0 Å². The molecular weight excluding hydrogens is 254 g/mol. The molecule has 2 nitrogen and oxygen atoms in total. The number of pyridine rings is 1. The molecule has 0 aromatic carbocycles. The van der Waals surface area contributed by atoms with Crippen LogP contribution in [0.4, 0.5) is 5.82 Å². The van der Waals surface area contributed by atoms with E-state index in [2.05, 4.69) is 17.2 Å². The third-order valence-electron chi connectivity index (χ3n) is 2.03. The van der Waals surface area contributed by atoms with E-state index in [1.54, 1.807) is 12.3 Å². The molecule has 1 rings (SSSR count). The van der Waals surface area contributed by atoms with Crippen LogP contribution in [0.1, 0.15) is 13.3 Å². The van der Waals surface area contributed by atoms with Crippen molar-refractivity contribution in [2.75, 3.05) is 17.7 Å². The van der Waals surface area contributed by atoms with Gasteiger partial charge in [-0.15, -0.1) is 11.6 Å². The first-order chi connectivity index (χ1) is 7.13. The first-order valence-corrected chi connectivity index (χ1v) is 6.03. The predicted octanol–water partition coefficient (Wildman–Crippen LogP) is 4.07. The van der Waals surface area contributed by atoms with Crippen LogP contribution in [0.5, 0.6) is 0 Å². The maximum atomic E-state index is 5.95. The first kappa shape index (κ1) is 12.9. The molecule has 1 N–H and O–H groups in total. The van der Waals surface area contributed by atoms with E-state index in [-0.39, 0.29) is 0 Å². The van der Waals surface area contributed by atoms with Crippen molar-refractivity contribution >= 4 is 40.6 Å². The summed E-state index contributed by atoms with van der Waals surface area (Å²) in [6.45, 7) is 2.93. The first-order valence-electron chi connectivity index (χ1n) is 4.74. The van der Waals surface area contributed by atoms with E-state index >= 15 is 0 Å². The van der Waals surface area contributed by atoms with Gasteiger partial charge in [-0.2, -0.15) is 0 Å². The maximum Gasteiger partial charge on any atom is 0.144 e. The van der Waals surface area contributed by atoms with Gasteiger partial charge < -0.3 is 5.32 Å². The second-order valence-corrected chi connectivity index (χ2v) is 4.67. The van der Waals surface area contributed by atoms with Crippen molar-refractivity contribution in [3.63, 3.8) is 0 Å². The van der Waals surface area contributed by atoms with E-state index < -0.39 is 0 Å². The summed E-state index contributed by atoms with van der Waals surface area (Å²) in [5.41, 5.74) is 0. The largest absolute Gasteiger partial charge is 0.369 e. The van der Waals surface area contributed by atoms with Crippen LogP contribution in [0.25, 0.3) is 0 Å². The highest BCUT2D eigenvalue weighted by Crippen LogP contribution is 2.22. The van der Waals surface area contributed by atoms with Crippen molar-refractivity contribution in [3.05, 3.63) is 22.3 Å². The fourth-order valence-corrected chi connectivity index (χ4v) is 1.92. The Morgan fingerprint density at radius 2 is 2.20 bits per heavy atom. The molecule has 1 atom stereocenters. The number of hydrogen-bond donors (Lipinski definition) is 1. The van der Waals surface area contributed by atoms with E-state index in [0.717, 1.165) is 13.0 Å². The highest BCUT2D eigenvalue weighted by atomic mass is 35.5. The minimum absolute atomic E-state index is 0.496. The van der Waals surface area contributed by atoms with Crippen molar-refractivity contribution in [3.8, 4) is 0 Å². The summed E-state index contributed by atoms with van der Waals surface area (Å²) in [5, 5.41) is 4.25. The van der Waals surface area contributed by atoms with Crippen molar-refractivity contribution in [1.82, 2.24) is 4.98 Å². The number of anilines is 1. The molecule has 0 spiro atoms. The smallest absolute Gasteiger partial charge is 0.144 e. The quantitative estimate of drug-likeness (QED) is 0.814. The molecule has 1 aromatic rings. The Morgan fingerprint density at radius 3 is 2.80 bits per heavy atom. The van der Waals surface area contributed by atoms with Gasteiger partial charge in [0, 0.05) is 18.6 Å². The van der Waals surface area contributed by atoms with E-state index in [4.69, 9.17) is 34.8 Å². The van der Waals surface area contributed by atoms with E-state index in [0.29, 0.717) is 27.7 Å². The Bertz CT molecular complexity index is 318. The molecule has 0 radical (unpaired) electrons. The number of nitrogens with one attached hydrogen (secondary N) is 1. The minimum Gasteiger partial charge on any atom is -0.369 e. The Hall–Kier alpha value is -0.180. The zero-order chi connectivity index (χ0) is 11.3. The highest BCUT2D eigenvalue weighted by Gasteiger charge is 2.05. The van der Waals surface area contributed by atoms with E-state index in [1.807, 2.05) is 0 Å². The van der Waals surface area contributed by atoms with Gasteiger partial charge in [-0.1, -0.05) is 30.1 Å². The van der Waals surface area contributed by atoms with Crippen LogP contribution in [-0.2, 0) is 0 Å². The summed E-state index contributed by atoms with van der Waals surface area (Å²) in [6, 6.07) is 1.67. The summed E-state index contributed by atoms with van der Waals surface area (Å²) >= 11 is 17.3. The summed E-state index contributed by atoms with van der Waals surface area (Å²) in [6.07, 6.45) is 2.54. The van der Waals surface area contributed by atoms with Gasteiger partial charge in [0.1, 0.15) is 5.82 Å². The molecule has 5 heteroatoms.